The number of nitrogens with two attached hydrogens (primary N) is 1. The van der Waals surface area contributed by atoms with E-state index in [4.69, 9.17) is 10.5 Å². The van der Waals surface area contributed by atoms with Gasteiger partial charge in [0.05, 0.1) is 36.7 Å². The van der Waals surface area contributed by atoms with Crippen LogP contribution in [0.25, 0.3) is 10.8 Å². The quantitative estimate of drug-likeness (QED) is 0.535. The molecule has 8 heteroatoms. The van der Waals surface area contributed by atoms with Crippen LogP contribution in [-0.4, -0.2) is 44.5 Å². The van der Waals surface area contributed by atoms with Crippen molar-refractivity contribution < 1.29 is 19.7 Å². The summed E-state index contributed by atoms with van der Waals surface area (Å²) < 4.78 is 7.31. The molecule has 3 aromatic rings. The Hall–Kier alpha value is -3.25. The first-order valence-electron chi connectivity index (χ1n) is 10.2. The number of ether oxygens (including phenoxy) is 1. The fraction of sp³-hybridized carbons (Fsp3) is 0.348. The molecule has 1 fully saturated rings. The molecule has 0 bridgehead atoms. The first kappa shape index (κ1) is 21.0. The van der Waals surface area contributed by atoms with Crippen LogP contribution in [-0.2, 0) is 11.2 Å². The van der Waals surface area contributed by atoms with Crippen LogP contribution in [0, 0.1) is 11.3 Å². The number of benzene rings is 2. The van der Waals surface area contributed by atoms with Crippen LogP contribution in [0.3, 0.4) is 0 Å². The number of hydrogen-bond donors (Lipinski definition) is 3. The number of nitrogens with zero attached hydrogens (tertiary/aromatic N) is 3. The van der Waals surface area contributed by atoms with Crippen LogP contribution in [0.5, 0.6) is 0 Å². The summed E-state index contributed by atoms with van der Waals surface area (Å²) in [5.41, 5.74) is 7.04. The van der Waals surface area contributed by atoms with Gasteiger partial charge in [0.2, 0.25) is 0 Å². The summed E-state index contributed by atoms with van der Waals surface area (Å²) in [6.45, 7) is -0.326. The average molecular weight is 420 g/mol. The van der Waals surface area contributed by atoms with Gasteiger partial charge in [0.25, 0.3) is 5.91 Å². The van der Waals surface area contributed by atoms with Gasteiger partial charge in [0.15, 0.2) is 5.69 Å². The number of hydrogen-bond acceptors (Lipinski definition) is 6. The number of rotatable bonds is 7. The summed E-state index contributed by atoms with van der Waals surface area (Å²) in [6, 6.07) is 16.4. The second-order valence-corrected chi connectivity index (χ2v) is 7.72. The van der Waals surface area contributed by atoms with E-state index in [1.807, 2.05) is 42.5 Å². The number of aliphatic hydroxyl groups is 2. The largest absolute Gasteiger partial charge is 0.394 e. The summed E-state index contributed by atoms with van der Waals surface area (Å²) >= 11 is 0. The molecule has 4 rings (SSSR count). The molecule has 0 radical (unpaired) electrons. The van der Waals surface area contributed by atoms with E-state index in [-0.39, 0.29) is 18.7 Å². The van der Waals surface area contributed by atoms with Crippen molar-refractivity contribution in [2.75, 3.05) is 6.61 Å². The number of carbonyl (C=O) groups excluding carboxylic acids is 1. The molecule has 1 aliphatic rings. The van der Waals surface area contributed by atoms with E-state index in [1.54, 1.807) is 4.57 Å². The van der Waals surface area contributed by atoms with Crippen LogP contribution < -0.4 is 5.73 Å². The van der Waals surface area contributed by atoms with Gasteiger partial charge in [0.1, 0.15) is 12.3 Å². The molecule has 160 valence electrons. The van der Waals surface area contributed by atoms with Gasteiger partial charge >= 0.3 is 0 Å². The number of amides is 1. The van der Waals surface area contributed by atoms with Gasteiger partial charge in [-0.2, -0.15) is 5.26 Å². The Morgan fingerprint density at radius 2 is 2.10 bits per heavy atom. The van der Waals surface area contributed by atoms with Crippen LogP contribution in [0.15, 0.2) is 48.8 Å². The van der Waals surface area contributed by atoms with Crippen LogP contribution in [0.1, 0.15) is 46.7 Å². The molecule has 0 aliphatic carbocycles. The molecular formula is C23H24N4O4. The maximum absolute atomic E-state index is 12.0. The van der Waals surface area contributed by atoms with E-state index in [0.717, 1.165) is 16.3 Å². The summed E-state index contributed by atoms with van der Waals surface area (Å²) in [6.07, 6.45) is 0.484. The zero-order chi connectivity index (χ0) is 22.0. The first-order valence-corrected chi connectivity index (χ1v) is 10.2. The monoisotopic (exact) mass is 420 g/mol. The summed E-state index contributed by atoms with van der Waals surface area (Å²) in [5, 5.41) is 31.7. The number of carbonyl (C=O) groups is 1. The normalized spacial score (nSPS) is 21.8. The molecule has 2 aromatic carbocycles. The maximum atomic E-state index is 12.0. The summed E-state index contributed by atoms with van der Waals surface area (Å²) in [5.74, 6) is -1.38. The zero-order valence-electron chi connectivity index (χ0n) is 16.9. The Morgan fingerprint density at radius 1 is 1.32 bits per heavy atom. The van der Waals surface area contributed by atoms with Gasteiger partial charge < -0.3 is 25.3 Å². The van der Waals surface area contributed by atoms with Crippen molar-refractivity contribution in [2.45, 2.75) is 43.6 Å². The predicted molar refractivity (Wildman–Crippen MR) is 113 cm³/mol. The highest BCUT2D eigenvalue weighted by Crippen LogP contribution is 2.34. The van der Waals surface area contributed by atoms with Gasteiger partial charge in [0, 0.05) is 6.42 Å². The Bertz CT molecular complexity index is 1130. The molecule has 1 unspecified atom stereocenters. The lowest BCUT2D eigenvalue weighted by atomic mass is 9.93. The SMILES string of the molecule is N#CC(CCc1cccc2ccccc12)c1c(C(N)=O)ncn1[C@@H]1C[C@H](O)[C@@H](CO)O1. The third-order valence-electron chi connectivity index (χ3n) is 5.83. The lowest BCUT2D eigenvalue weighted by Crippen LogP contribution is -2.24. The standard InChI is InChI=1S/C23H24N4O4/c24-11-16(9-8-15-6-3-5-14-4-1-2-7-17(14)15)22-21(23(25)30)26-13-27(22)20-10-18(29)19(12-28)31-20/h1-7,13,16,18-20,28-29H,8-10,12H2,(H2,25,30)/t16?,18-,19+,20-/m0/s1. The van der Waals surface area contributed by atoms with Crippen LogP contribution >= 0.6 is 0 Å². The number of fused-ring (bicyclic) bond motifs is 1. The number of aromatic nitrogens is 2. The Labute approximate surface area is 179 Å². The second kappa shape index (κ2) is 8.86. The topological polar surface area (TPSA) is 134 Å². The van der Waals surface area contributed by atoms with Crippen molar-refractivity contribution in [3.8, 4) is 6.07 Å². The predicted octanol–water partition coefficient (Wildman–Crippen LogP) is 2.02. The van der Waals surface area contributed by atoms with Crippen molar-refractivity contribution in [2.24, 2.45) is 5.73 Å². The molecule has 0 spiro atoms. The minimum absolute atomic E-state index is 0.0232. The van der Waals surface area contributed by atoms with Gasteiger partial charge in [-0.1, -0.05) is 42.5 Å². The fourth-order valence-corrected chi connectivity index (χ4v) is 4.26. The van der Waals surface area contributed by atoms with Crippen molar-refractivity contribution in [3.05, 3.63) is 65.7 Å². The molecule has 4 atom stereocenters. The number of aliphatic hydroxyl groups excluding tert-OH is 2. The number of nitriles is 1. The average Bonchev–Trinajstić information content (AvgIpc) is 3.38. The molecule has 2 heterocycles. The molecule has 8 nitrogen and oxygen atoms in total. The van der Waals surface area contributed by atoms with Gasteiger partial charge in [-0.15, -0.1) is 0 Å². The van der Waals surface area contributed by atoms with E-state index < -0.39 is 30.3 Å². The third kappa shape index (κ3) is 4.03. The molecule has 1 aromatic heterocycles. The van der Waals surface area contributed by atoms with E-state index in [9.17, 15) is 20.3 Å². The smallest absolute Gasteiger partial charge is 0.269 e. The lowest BCUT2D eigenvalue weighted by Gasteiger charge is -2.19. The number of primary amides is 1. The maximum Gasteiger partial charge on any atom is 0.269 e. The van der Waals surface area contributed by atoms with Crippen LogP contribution in [0.4, 0.5) is 0 Å². The minimum atomic E-state index is -0.849. The molecule has 4 N–H and O–H groups in total. The summed E-state index contributed by atoms with van der Waals surface area (Å²) in [7, 11) is 0. The van der Waals surface area contributed by atoms with E-state index in [0.29, 0.717) is 18.5 Å². The van der Waals surface area contributed by atoms with E-state index in [1.165, 1.54) is 6.33 Å². The van der Waals surface area contributed by atoms with Gasteiger partial charge in [-0.25, -0.2) is 4.98 Å². The third-order valence-corrected chi connectivity index (χ3v) is 5.83. The van der Waals surface area contributed by atoms with E-state index in [2.05, 4.69) is 11.1 Å². The Morgan fingerprint density at radius 3 is 2.81 bits per heavy atom. The molecular weight excluding hydrogens is 396 g/mol. The molecule has 31 heavy (non-hydrogen) atoms. The van der Waals surface area contributed by atoms with Crippen molar-refractivity contribution in [3.63, 3.8) is 0 Å². The Kier molecular flexibility index (Phi) is 6.00. The van der Waals surface area contributed by atoms with Gasteiger partial charge in [-0.3, -0.25) is 4.79 Å². The van der Waals surface area contributed by atoms with Gasteiger partial charge in [-0.05, 0) is 29.2 Å². The second-order valence-electron chi connectivity index (χ2n) is 7.72. The molecule has 0 saturated carbocycles. The Balaban J connectivity index is 1.64. The molecule has 1 aliphatic heterocycles. The van der Waals surface area contributed by atoms with Crippen molar-refractivity contribution in [1.82, 2.24) is 9.55 Å². The number of imidazole rings is 1. The van der Waals surface area contributed by atoms with E-state index >= 15 is 0 Å². The highest BCUT2D eigenvalue weighted by atomic mass is 16.5. The molecule has 1 amide bonds. The molecule has 1 saturated heterocycles. The summed E-state index contributed by atoms with van der Waals surface area (Å²) in [4.78, 5) is 16.1. The lowest BCUT2D eigenvalue weighted by molar-refractivity contribution is -0.0453. The fourth-order valence-electron chi connectivity index (χ4n) is 4.26. The van der Waals surface area contributed by atoms with Crippen LogP contribution in [0.2, 0.25) is 0 Å². The number of aryl methyl sites for hydroxylation is 1. The highest BCUT2D eigenvalue weighted by molar-refractivity contribution is 5.92. The van der Waals surface area contributed by atoms with Crippen molar-refractivity contribution >= 4 is 16.7 Å². The highest BCUT2D eigenvalue weighted by Gasteiger charge is 2.37. The zero-order valence-corrected chi connectivity index (χ0v) is 16.9. The van der Waals surface area contributed by atoms with Crippen molar-refractivity contribution in [1.29, 1.82) is 5.26 Å². The minimum Gasteiger partial charge on any atom is -0.394 e. The first-order chi connectivity index (χ1) is 15.0.